The van der Waals surface area contributed by atoms with Crippen LogP contribution in [-0.4, -0.2) is 11.1 Å². The number of benzene rings is 1. The normalized spacial score (nSPS) is 8.83. The van der Waals surface area contributed by atoms with Gasteiger partial charge in [-0.2, -0.15) is 0 Å². The van der Waals surface area contributed by atoms with Gasteiger partial charge in [0, 0.05) is 8.04 Å². The molecule has 0 saturated carbocycles. The number of rotatable bonds is 1. The number of aromatic carboxylic acids is 1. The molecule has 0 fully saturated rings. The summed E-state index contributed by atoms with van der Waals surface area (Å²) >= 11 is 5.24. The second-order valence-electron chi connectivity index (χ2n) is 1.91. The first-order valence-corrected chi connectivity index (χ1v) is 4.67. The van der Waals surface area contributed by atoms with Gasteiger partial charge < -0.3 is 6.53 Å². The summed E-state index contributed by atoms with van der Waals surface area (Å²) in [4.78, 5) is 10.5. The van der Waals surface area contributed by atoms with Gasteiger partial charge in [0.15, 0.2) is 0 Å². The number of halogens is 2. The first-order chi connectivity index (χ1) is 5.13. The molecular formula is C7H5BrINaO2. The molecule has 60 valence electrons. The summed E-state index contributed by atoms with van der Waals surface area (Å²) < 4.78 is 1.55. The van der Waals surface area contributed by atoms with Gasteiger partial charge in [-0.05, 0) is 50.7 Å². The maximum Gasteiger partial charge on any atom is 1.00 e. The van der Waals surface area contributed by atoms with E-state index in [-0.39, 0.29) is 31.0 Å². The minimum Gasteiger partial charge on any atom is -1.00 e. The van der Waals surface area contributed by atoms with Crippen molar-refractivity contribution in [2.75, 3.05) is 0 Å². The maximum absolute atomic E-state index is 10.5. The van der Waals surface area contributed by atoms with E-state index in [0.29, 0.717) is 5.56 Å². The molecule has 0 heterocycles. The Morgan fingerprint density at radius 2 is 2.17 bits per heavy atom. The van der Waals surface area contributed by atoms with E-state index in [0.717, 1.165) is 8.04 Å². The molecule has 0 bridgehead atoms. The van der Waals surface area contributed by atoms with Gasteiger partial charge in [0.1, 0.15) is 0 Å². The Hall–Kier alpha value is 0.900. The summed E-state index contributed by atoms with van der Waals surface area (Å²) in [6.45, 7) is 0. The molecule has 0 aromatic heterocycles. The van der Waals surface area contributed by atoms with Gasteiger partial charge in [-0.1, -0.05) is 6.07 Å². The third kappa shape index (κ3) is 2.99. The summed E-state index contributed by atoms with van der Waals surface area (Å²) in [7, 11) is 0. The van der Waals surface area contributed by atoms with E-state index in [9.17, 15) is 4.79 Å². The van der Waals surface area contributed by atoms with Gasteiger partial charge in [-0.25, -0.2) is 4.79 Å². The number of hydrogen-bond acceptors (Lipinski definition) is 1. The molecule has 0 spiro atoms. The van der Waals surface area contributed by atoms with Crippen molar-refractivity contribution in [1.82, 2.24) is 0 Å². The molecule has 1 aromatic carbocycles. The van der Waals surface area contributed by atoms with Gasteiger partial charge in [-0.15, -0.1) is 0 Å². The van der Waals surface area contributed by atoms with E-state index in [1.807, 2.05) is 28.7 Å². The van der Waals surface area contributed by atoms with Crippen LogP contribution in [0.4, 0.5) is 0 Å². The third-order valence-electron chi connectivity index (χ3n) is 1.18. The van der Waals surface area contributed by atoms with E-state index in [1.54, 1.807) is 12.1 Å². The SMILES string of the molecule is O=C(O)c1cccc(Br)c1I.[H-].[Na+]. The van der Waals surface area contributed by atoms with Gasteiger partial charge in [0.25, 0.3) is 0 Å². The Morgan fingerprint density at radius 3 is 2.58 bits per heavy atom. The minimum atomic E-state index is -0.893. The average molecular weight is 351 g/mol. The van der Waals surface area contributed by atoms with Crippen LogP contribution in [0.5, 0.6) is 0 Å². The summed E-state index contributed by atoms with van der Waals surface area (Å²) in [5.74, 6) is -0.893. The molecule has 2 nitrogen and oxygen atoms in total. The van der Waals surface area contributed by atoms with Crippen molar-refractivity contribution in [3.63, 3.8) is 0 Å². The smallest absolute Gasteiger partial charge is 1.00 e. The van der Waals surface area contributed by atoms with Crippen molar-refractivity contribution in [3.8, 4) is 0 Å². The molecule has 0 atom stereocenters. The molecule has 1 N–H and O–H groups in total. The van der Waals surface area contributed by atoms with E-state index >= 15 is 0 Å². The van der Waals surface area contributed by atoms with Gasteiger partial charge >= 0.3 is 35.5 Å². The zero-order chi connectivity index (χ0) is 8.43. The topological polar surface area (TPSA) is 37.3 Å². The monoisotopic (exact) mass is 350 g/mol. The van der Waals surface area contributed by atoms with Crippen LogP contribution in [0.2, 0.25) is 0 Å². The van der Waals surface area contributed by atoms with Crippen LogP contribution in [0.25, 0.3) is 0 Å². The van der Waals surface area contributed by atoms with Crippen LogP contribution in [-0.2, 0) is 0 Å². The van der Waals surface area contributed by atoms with Gasteiger partial charge in [0.2, 0.25) is 0 Å². The van der Waals surface area contributed by atoms with Crippen molar-refractivity contribution in [1.29, 1.82) is 0 Å². The summed E-state index contributed by atoms with van der Waals surface area (Å²) in [5, 5.41) is 8.66. The fraction of sp³-hybridized carbons (Fsp3) is 0. The largest absolute Gasteiger partial charge is 1.00 e. The first-order valence-electron chi connectivity index (χ1n) is 2.80. The molecule has 0 aliphatic heterocycles. The summed E-state index contributed by atoms with van der Waals surface area (Å²) in [5.41, 5.74) is 0.333. The standard InChI is InChI=1S/C7H4BrIO2.Na.H/c8-5-3-1-2-4(6(5)9)7(10)11;;/h1-3H,(H,10,11);;/q;+1;-1. The summed E-state index contributed by atoms with van der Waals surface area (Å²) in [6.07, 6.45) is 0. The molecule has 0 unspecified atom stereocenters. The molecule has 0 amide bonds. The Bertz CT molecular complexity index is 309. The van der Waals surface area contributed by atoms with Gasteiger partial charge in [0.05, 0.1) is 5.56 Å². The van der Waals surface area contributed by atoms with Crippen LogP contribution < -0.4 is 29.6 Å². The van der Waals surface area contributed by atoms with Crippen molar-refractivity contribution in [2.24, 2.45) is 0 Å². The van der Waals surface area contributed by atoms with Crippen LogP contribution in [0.15, 0.2) is 22.7 Å². The van der Waals surface area contributed by atoms with E-state index in [4.69, 9.17) is 5.11 Å². The number of carbonyl (C=O) groups is 1. The van der Waals surface area contributed by atoms with Crippen molar-refractivity contribution < 1.29 is 40.9 Å². The van der Waals surface area contributed by atoms with E-state index in [2.05, 4.69) is 15.9 Å². The molecule has 0 aliphatic rings. The van der Waals surface area contributed by atoms with Crippen molar-refractivity contribution in [2.45, 2.75) is 0 Å². The Kier molecular flexibility index (Phi) is 6.01. The molecule has 5 heteroatoms. The van der Waals surface area contributed by atoms with Crippen LogP contribution in [0.3, 0.4) is 0 Å². The van der Waals surface area contributed by atoms with Crippen LogP contribution in [0, 0.1) is 3.57 Å². The van der Waals surface area contributed by atoms with Gasteiger partial charge in [-0.3, -0.25) is 0 Å². The predicted molar refractivity (Wildman–Crippen MR) is 54.9 cm³/mol. The maximum atomic E-state index is 10.5. The third-order valence-corrected chi connectivity index (χ3v) is 3.75. The number of carboxylic acid groups (broad SMARTS) is 1. The Labute approximate surface area is 116 Å². The zero-order valence-electron chi connectivity index (χ0n) is 7.34. The summed E-state index contributed by atoms with van der Waals surface area (Å²) in [6, 6.07) is 5.10. The van der Waals surface area contributed by atoms with Crippen molar-refractivity contribution in [3.05, 3.63) is 31.8 Å². The fourth-order valence-corrected chi connectivity index (χ4v) is 1.63. The predicted octanol–water partition coefficient (Wildman–Crippen LogP) is -0.132. The van der Waals surface area contributed by atoms with Crippen LogP contribution >= 0.6 is 38.5 Å². The molecule has 1 rings (SSSR count). The second kappa shape index (κ2) is 5.59. The quantitative estimate of drug-likeness (QED) is 0.566. The molecule has 1 aromatic rings. The molecular weight excluding hydrogens is 346 g/mol. The molecule has 0 radical (unpaired) electrons. The minimum absolute atomic E-state index is 0. The first kappa shape index (κ1) is 12.9. The number of carboxylic acids is 1. The number of hydrogen-bond donors (Lipinski definition) is 1. The molecule has 0 saturated heterocycles. The van der Waals surface area contributed by atoms with Crippen LogP contribution in [0.1, 0.15) is 11.8 Å². The Balaban J connectivity index is 0. The zero-order valence-corrected chi connectivity index (χ0v) is 12.1. The Morgan fingerprint density at radius 1 is 1.58 bits per heavy atom. The van der Waals surface area contributed by atoms with E-state index < -0.39 is 5.97 Å². The second-order valence-corrected chi connectivity index (χ2v) is 3.84. The molecule has 0 aliphatic carbocycles. The molecule has 12 heavy (non-hydrogen) atoms. The fourth-order valence-electron chi connectivity index (χ4n) is 0.669. The average Bonchev–Trinajstić information content (AvgIpc) is 1.94. The van der Waals surface area contributed by atoms with E-state index in [1.165, 1.54) is 0 Å². The van der Waals surface area contributed by atoms with Crippen molar-refractivity contribution >= 4 is 44.5 Å².